The molecule has 23 heteroatoms. The van der Waals surface area contributed by atoms with E-state index in [1.165, 1.54) is 0 Å². The standard InChI is InChI=1S/C56H79NO22/c1-27-10-13-36-30(4)44(67-47-54(36)33(27)20-23-51(7,71-47)74-77-54)65-42(61)18-16-39(58)57(40(59)17-19-43(62)66-45-31(5)37-14-11-28(2)34-21-24-52(8)72-48(68-45)55(34,37)78-75-52)41(60)26-64-50(63)70-46-32(6)38-15-12-29(3)35-22-25-53(9)73-49(69-46)56(35,38)79-76-53/h27-38,44-49H,10-26H2,1-9H3/t27-,28-,29-,30-,31-,32-,33+,34+,35+,36+,37+,38+,44-,45-,46+,47-,48-,49-,51?,52?,53?,54-,55-,56-/m1/s1. The smallest absolute Gasteiger partial charge is 0.435 e. The molecule has 23 nitrogen and oxygen atoms in total. The Kier molecular flexibility index (Phi) is 14.5. The van der Waals surface area contributed by atoms with E-state index in [9.17, 15) is 28.8 Å². The Morgan fingerprint density at radius 1 is 0.418 bits per heavy atom. The number of fused-ring (bicyclic) bond motifs is 6. The fraction of sp³-hybridized carbons (Fsp3) is 0.893. The zero-order valence-electron chi connectivity index (χ0n) is 46.8. The molecule has 3 amide bonds. The van der Waals surface area contributed by atoms with Crippen LogP contribution in [0.5, 0.6) is 0 Å². The van der Waals surface area contributed by atoms with Gasteiger partial charge in [-0.3, -0.25) is 24.0 Å². The molecule has 15 rings (SSSR count). The third kappa shape index (κ3) is 9.19. The van der Waals surface area contributed by atoms with E-state index >= 15 is 0 Å². The van der Waals surface area contributed by atoms with Gasteiger partial charge in [0.25, 0.3) is 5.91 Å². The number of nitrogens with zero attached hydrogens (tertiary/aromatic N) is 1. The number of ether oxygens (including phenoxy) is 10. The lowest BCUT2D eigenvalue weighted by Gasteiger charge is -2.59. The molecular weight excluding hydrogens is 1040 g/mol. The summed E-state index contributed by atoms with van der Waals surface area (Å²) in [6, 6.07) is 0. The minimum atomic E-state index is -1.31. The minimum absolute atomic E-state index is 0.0551. The van der Waals surface area contributed by atoms with Crippen molar-refractivity contribution in [1.29, 1.82) is 0 Å². The van der Waals surface area contributed by atoms with Gasteiger partial charge in [0.15, 0.2) is 42.3 Å². The van der Waals surface area contributed by atoms with E-state index in [2.05, 4.69) is 20.8 Å². The number of carbonyl (C=O) groups excluding carboxylic acids is 6. The maximum absolute atomic E-state index is 14.2. The van der Waals surface area contributed by atoms with E-state index in [1.54, 1.807) is 20.8 Å². The van der Waals surface area contributed by atoms with Crippen molar-refractivity contribution in [3.63, 3.8) is 0 Å². The van der Waals surface area contributed by atoms with Crippen LogP contribution in [0.1, 0.15) is 165 Å². The van der Waals surface area contributed by atoms with Crippen LogP contribution in [0, 0.1) is 71.0 Å². The molecule has 3 unspecified atom stereocenters. The summed E-state index contributed by atoms with van der Waals surface area (Å²) in [7, 11) is 0. The van der Waals surface area contributed by atoms with Crippen molar-refractivity contribution in [3.8, 4) is 0 Å². The number of amides is 3. The molecule has 12 heterocycles. The highest BCUT2D eigenvalue weighted by Crippen LogP contribution is 2.64. The predicted molar refractivity (Wildman–Crippen MR) is 260 cm³/mol. The number of esters is 2. The average Bonchev–Trinajstić information content (AvgIpc) is 2.74. The Hall–Kier alpha value is -3.46. The molecule has 0 aromatic rings. The highest BCUT2D eigenvalue weighted by atomic mass is 17.3. The van der Waals surface area contributed by atoms with Gasteiger partial charge in [-0.25, -0.2) is 39.0 Å². The molecule has 3 saturated carbocycles. The molecule has 3 spiro atoms. The van der Waals surface area contributed by atoms with E-state index in [0.717, 1.165) is 57.8 Å². The summed E-state index contributed by atoms with van der Waals surface area (Å²) < 4.78 is 61.1. The van der Waals surface area contributed by atoms with Gasteiger partial charge in [-0.1, -0.05) is 41.5 Å². The monoisotopic (exact) mass is 1120 g/mol. The van der Waals surface area contributed by atoms with Crippen LogP contribution in [0.2, 0.25) is 0 Å². The van der Waals surface area contributed by atoms with Crippen LogP contribution >= 0.6 is 0 Å². The van der Waals surface area contributed by atoms with E-state index in [4.69, 9.17) is 76.7 Å². The normalized spacial score (nSPS) is 49.7. The molecule has 0 radical (unpaired) electrons. The quantitative estimate of drug-likeness (QED) is 0.112. The molecule has 440 valence electrons. The summed E-state index contributed by atoms with van der Waals surface area (Å²) in [5.41, 5.74) is -2.75. The third-order valence-corrected chi connectivity index (χ3v) is 21.1. The van der Waals surface area contributed by atoms with Gasteiger partial charge in [0, 0.05) is 67.6 Å². The van der Waals surface area contributed by atoms with Gasteiger partial charge in [-0.15, -0.1) is 0 Å². The highest BCUT2D eigenvalue weighted by Gasteiger charge is 2.73. The van der Waals surface area contributed by atoms with E-state index in [-0.39, 0.29) is 52.2 Å². The molecule has 0 aromatic carbocycles. The largest absolute Gasteiger partial charge is 0.511 e. The first-order chi connectivity index (χ1) is 37.5. The zero-order valence-corrected chi connectivity index (χ0v) is 46.8. The van der Waals surface area contributed by atoms with Crippen molar-refractivity contribution in [2.75, 3.05) is 6.61 Å². The zero-order chi connectivity index (χ0) is 55.8. The van der Waals surface area contributed by atoms with Crippen LogP contribution in [0.15, 0.2) is 0 Å². The summed E-state index contributed by atoms with van der Waals surface area (Å²) in [6.45, 7) is 16.5. The van der Waals surface area contributed by atoms with Crippen LogP contribution in [0.4, 0.5) is 4.79 Å². The summed E-state index contributed by atoms with van der Waals surface area (Å²) >= 11 is 0. The third-order valence-electron chi connectivity index (χ3n) is 21.1. The summed E-state index contributed by atoms with van der Waals surface area (Å²) in [6.07, 6.45) is -0.788. The van der Waals surface area contributed by atoms with Gasteiger partial charge in [0.05, 0.1) is 12.8 Å². The average molecular weight is 1120 g/mol. The van der Waals surface area contributed by atoms with Gasteiger partial charge >= 0.3 is 18.1 Å². The maximum atomic E-state index is 14.2. The summed E-state index contributed by atoms with van der Waals surface area (Å²) in [5.74, 6) is -8.92. The number of hydrogen-bond acceptors (Lipinski definition) is 22. The summed E-state index contributed by atoms with van der Waals surface area (Å²) in [5, 5.41) is 0. The molecule has 3 aliphatic carbocycles. The molecule has 12 saturated heterocycles. The Morgan fingerprint density at radius 2 is 0.759 bits per heavy atom. The molecular formula is C56H79NO22. The second kappa shape index (κ2) is 20.4. The van der Waals surface area contributed by atoms with Crippen LogP contribution in [0.25, 0.3) is 0 Å². The second-order valence-corrected chi connectivity index (χ2v) is 26.0. The molecule has 15 aliphatic rings. The summed E-state index contributed by atoms with van der Waals surface area (Å²) in [4.78, 5) is 120. The Bertz CT molecular complexity index is 2170. The number of carbonyl (C=O) groups is 6. The van der Waals surface area contributed by atoms with Crippen molar-refractivity contribution in [2.45, 2.75) is 237 Å². The minimum Gasteiger partial charge on any atom is -0.435 e. The van der Waals surface area contributed by atoms with Crippen LogP contribution < -0.4 is 0 Å². The van der Waals surface area contributed by atoms with Crippen molar-refractivity contribution >= 4 is 35.8 Å². The topological polar surface area (TPSA) is 253 Å². The van der Waals surface area contributed by atoms with Crippen molar-refractivity contribution in [3.05, 3.63) is 0 Å². The van der Waals surface area contributed by atoms with Gasteiger partial charge in [-0.05, 0) is 114 Å². The van der Waals surface area contributed by atoms with Gasteiger partial charge < -0.3 is 47.4 Å². The fourth-order valence-electron chi connectivity index (χ4n) is 16.8. The van der Waals surface area contributed by atoms with E-state index in [1.807, 2.05) is 20.8 Å². The molecule has 0 N–H and O–H groups in total. The first-order valence-electron chi connectivity index (χ1n) is 29.2. The molecule has 24 atom stereocenters. The highest BCUT2D eigenvalue weighted by molar-refractivity contribution is 6.12. The Morgan fingerprint density at radius 3 is 1.11 bits per heavy atom. The molecule has 12 aliphatic heterocycles. The van der Waals surface area contributed by atoms with Crippen LogP contribution in [0.3, 0.4) is 0 Å². The fourth-order valence-corrected chi connectivity index (χ4v) is 16.8. The Balaban J connectivity index is 0.708. The van der Waals surface area contributed by atoms with Crippen LogP contribution in [-0.4, -0.2) is 119 Å². The van der Waals surface area contributed by atoms with Crippen molar-refractivity contribution < 1.29 is 105 Å². The molecule has 15 fully saturated rings. The second-order valence-electron chi connectivity index (χ2n) is 26.0. The lowest BCUT2D eigenvalue weighted by molar-refractivity contribution is -0.576. The first-order valence-corrected chi connectivity index (χ1v) is 29.2. The predicted octanol–water partition coefficient (Wildman–Crippen LogP) is 7.29. The van der Waals surface area contributed by atoms with Gasteiger partial charge in [0.2, 0.25) is 48.0 Å². The van der Waals surface area contributed by atoms with Crippen molar-refractivity contribution in [1.82, 2.24) is 4.90 Å². The van der Waals surface area contributed by atoms with Crippen LogP contribution in [-0.2, 0) is 101 Å². The van der Waals surface area contributed by atoms with E-state index in [0.29, 0.717) is 37.0 Å². The SMILES string of the molecule is C[C@H]1[C@H](OC(=O)CCC(=O)N(C(=O)CCC(=O)O[C@@H]2O[C@@H]3OC4(C)CC[C@H]5[C@H](C)CC[C@@H]([C@H]2C)[C@@]35OO4)C(=O)COC(=O)O[C@@H]2O[C@@H]3OC4(C)CC[C@H]5[C@H](C)CC[C@@H]([C@H]2C)[C@@]35OO4)O[C@@H]2OC3(C)CC[C@H]4[C@H](C)CC[C@@H]1[C@@]24OO3. The van der Waals surface area contributed by atoms with Gasteiger partial charge in [0.1, 0.15) is 0 Å². The molecule has 0 aromatic heterocycles. The van der Waals surface area contributed by atoms with Crippen molar-refractivity contribution in [2.24, 2.45) is 71.0 Å². The number of hydrogen-bond donors (Lipinski definition) is 0. The lowest BCUT2D eigenvalue weighted by atomic mass is 9.58. The number of imide groups is 3. The maximum Gasteiger partial charge on any atom is 0.511 e. The lowest BCUT2D eigenvalue weighted by Crippen LogP contribution is -2.70. The number of rotatable bonds is 11. The Labute approximate surface area is 459 Å². The molecule has 79 heavy (non-hydrogen) atoms. The molecule has 6 bridgehead atoms. The first kappa shape index (κ1) is 56.0. The van der Waals surface area contributed by atoms with E-state index < -0.39 is 146 Å². The van der Waals surface area contributed by atoms with Gasteiger partial charge in [-0.2, -0.15) is 0 Å².